The summed E-state index contributed by atoms with van der Waals surface area (Å²) in [4.78, 5) is 12.1. The topological polar surface area (TPSA) is 63.2 Å². The van der Waals surface area contributed by atoms with Crippen molar-refractivity contribution in [2.24, 2.45) is 0 Å². The van der Waals surface area contributed by atoms with E-state index < -0.39 is 9.05 Å². The van der Waals surface area contributed by atoms with E-state index in [4.69, 9.17) is 22.3 Å². The fourth-order valence-corrected chi connectivity index (χ4v) is 3.42. The monoisotopic (exact) mass is 335 g/mol. The molecule has 20 heavy (non-hydrogen) atoms. The molecule has 1 aliphatic carbocycles. The predicted molar refractivity (Wildman–Crippen MR) is 78.8 cm³/mol. The van der Waals surface area contributed by atoms with E-state index in [9.17, 15) is 13.2 Å². The van der Waals surface area contributed by atoms with Crippen LogP contribution < -0.4 is 5.32 Å². The van der Waals surface area contributed by atoms with E-state index in [1.165, 1.54) is 18.2 Å². The van der Waals surface area contributed by atoms with Crippen LogP contribution in [0.5, 0.6) is 0 Å². The molecule has 1 aromatic rings. The lowest BCUT2D eigenvalue weighted by molar-refractivity contribution is 0.0820. The average molecular weight is 336 g/mol. The molecule has 0 bridgehead atoms. The highest BCUT2D eigenvalue weighted by molar-refractivity contribution is 8.13. The van der Waals surface area contributed by atoms with Gasteiger partial charge in [0.25, 0.3) is 15.0 Å². The zero-order valence-corrected chi connectivity index (χ0v) is 13.3. The number of carbonyl (C=O) groups is 1. The van der Waals surface area contributed by atoms with Crippen molar-refractivity contribution in [2.75, 3.05) is 0 Å². The van der Waals surface area contributed by atoms with Crippen LogP contribution in [0.1, 0.15) is 43.0 Å². The zero-order valence-electron chi connectivity index (χ0n) is 10.9. The molecule has 7 heteroatoms. The first kappa shape index (κ1) is 15.6. The Morgan fingerprint density at radius 3 is 2.45 bits per heavy atom. The lowest BCUT2D eigenvalue weighted by Crippen LogP contribution is -2.52. The quantitative estimate of drug-likeness (QED) is 0.858. The van der Waals surface area contributed by atoms with Gasteiger partial charge in [-0.05, 0) is 43.9 Å². The highest BCUT2D eigenvalue weighted by atomic mass is 35.7. The third-order valence-electron chi connectivity index (χ3n) is 3.78. The Morgan fingerprint density at radius 2 is 2.00 bits per heavy atom. The van der Waals surface area contributed by atoms with Gasteiger partial charge in [0.15, 0.2) is 0 Å². The van der Waals surface area contributed by atoms with Crippen LogP contribution in [0.25, 0.3) is 0 Å². The van der Waals surface area contributed by atoms with E-state index in [1.807, 2.05) is 6.92 Å². The zero-order chi connectivity index (χ0) is 15.0. The van der Waals surface area contributed by atoms with Crippen LogP contribution in [0.4, 0.5) is 0 Å². The maximum absolute atomic E-state index is 12.2. The molecular formula is C13H15Cl2NO3S. The molecule has 0 aliphatic heterocycles. The van der Waals surface area contributed by atoms with Gasteiger partial charge in [-0.2, -0.15) is 0 Å². The van der Waals surface area contributed by atoms with Crippen molar-refractivity contribution in [1.82, 2.24) is 5.32 Å². The molecule has 0 aromatic heterocycles. The lowest BCUT2D eigenvalue weighted by atomic mass is 9.74. The summed E-state index contributed by atoms with van der Waals surface area (Å²) in [6, 6.07) is 3.90. The third-order valence-corrected chi connectivity index (χ3v) is 5.33. The fourth-order valence-electron chi connectivity index (χ4n) is 2.32. The number of halogens is 2. The Hall–Kier alpha value is -0.780. The Kier molecular flexibility index (Phi) is 4.33. The molecule has 1 aromatic carbocycles. The van der Waals surface area contributed by atoms with Crippen molar-refractivity contribution in [2.45, 2.75) is 43.0 Å². The summed E-state index contributed by atoms with van der Waals surface area (Å²) in [5.41, 5.74) is 0.0378. The van der Waals surface area contributed by atoms with E-state index in [0.717, 1.165) is 25.7 Å². The molecule has 0 saturated heterocycles. The molecule has 2 rings (SSSR count). The van der Waals surface area contributed by atoms with Gasteiger partial charge in [0.05, 0.1) is 4.90 Å². The molecule has 1 saturated carbocycles. The minimum Gasteiger partial charge on any atom is -0.347 e. The number of amides is 1. The second-order valence-electron chi connectivity index (χ2n) is 5.06. The van der Waals surface area contributed by atoms with E-state index in [2.05, 4.69) is 5.32 Å². The Morgan fingerprint density at radius 1 is 1.35 bits per heavy atom. The number of nitrogens with one attached hydrogen (secondary N) is 1. The molecule has 110 valence electrons. The molecule has 4 nitrogen and oxygen atoms in total. The van der Waals surface area contributed by atoms with Gasteiger partial charge in [-0.1, -0.05) is 18.5 Å². The molecule has 0 spiro atoms. The molecule has 1 N–H and O–H groups in total. The predicted octanol–water partition coefficient (Wildman–Crippen LogP) is 3.33. The number of benzene rings is 1. The molecule has 0 atom stereocenters. The van der Waals surface area contributed by atoms with E-state index in [1.54, 1.807) is 0 Å². The molecule has 1 amide bonds. The number of hydrogen-bond acceptors (Lipinski definition) is 3. The van der Waals surface area contributed by atoms with Crippen molar-refractivity contribution in [3.05, 3.63) is 28.8 Å². The standard InChI is InChI=1S/C13H15Cl2NO3S/c1-2-13(4-3-5-13)16-12(17)9-6-10(14)8-11(7-9)20(15,18)19/h6-8H,2-5H2,1H3,(H,16,17). The van der Waals surface area contributed by atoms with Crippen molar-refractivity contribution in [3.8, 4) is 0 Å². The van der Waals surface area contributed by atoms with Crippen LogP contribution in [0.15, 0.2) is 23.1 Å². The summed E-state index contributed by atoms with van der Waals surface area (Å²) in [6.45, 7) is 2.02. The Labute approximate surface area is 127 Å². The maximum Gasteiger partial charge on any atom is 0.261 e. The molecule has 0 unspecified atom stereocenters. The molecule has 1 fully saturated rings. The minimum atomic E-state index is -3.91. The largest absolute Gasteiger partial charge is 0.347 e. The number of carbonyl (C=O) groups excluding carboxylic acids is 1. The highest BCUT2D eigenvalue weighted by Gasteiger charge is 2.36. The highest BCUT2D eigenvalue weighted by Crippen LogP contribution is 2.35. The fraction of sp³-hybridized carbons (Fsp3) is 0.462. The first-order valence-electron chi connectivity index (χ1n) is 6.33. The van der Waals surface area contributed by atoms with Crippen molar-refractivity contribution in [1.29, 1.82) is 0 Å². The van der Waals surface area contributed by atoms with Gasteiger partial charge in [0, 0.05) is 26.8 Å². The summed E-state index contributed by atoms with van der Waals surface area (Å²) in [7, 11) is 1.37. The van der Waals surface area contributed by atoms with E-state index in [-0.39, 0.29) is 26.9 Å². The summed E-state index contributed by atoms with van der Waals surface area (Å²) < 4.78 is 22.7. The third kappa shape index (κ3) is 3.27. The number of hydrogen-bond donors (Lipinski definition) is 1. The second kappa shape index (κ2) is 5.54. The Balaban J connectivity index is 2.28. The van der Waals surface area contributed by atoms with Gasteiger partial charge < -0.3 is 5.32 Å². The summed E-state index contributed by atoms with van der Waals surface area (Å²) >= 11 is 5.85. The van der Waals surface area contributed by atoms with E-state index in [0.29, 0.717) is 0 Å². The molecule has 0 radical (unpaired) electrons. The number of rotatable bonds is 4. The average Bonchev–Trinajstić information content (AvgIpc) is 2.31. The molecule has 1 aliphatic rings. The van der Waals surface area contributed by atoms with Gasteiger partial charge in [-0.15, -0.1) is 0 Å². The summed E-state index contributed by atoms with van der Waals surface area (Å²) in [5.74, 6) is -0.324. The molecular weight excluding hydrogens is 321 g/mol. The Bertz CT molecular complexity index is 634. The second-order valence-corrected chi connectivity index (χ2v) is 8.06. The van der Waals surface area contributed by atoms with Crippen LogP contribution in [-0.4, -0.2) is 19.9 Å². The van der Waals surface area contributed by atoms with Crippen LogP contribution in [0, 0.1) is 0 Å². The minimum absolute atomic E-state index is 0.163. The smallest absolute Gasteiger partial charge is 0.261 e. The van der Waals surface area contributed by atoms with E-state index >= 15 is 0 Å². The van der Waals surface area contributed by atoms with Gasteiger partial charge in [-0.25, -0.2) is 8.42 Å². The van der Waals surface area contributed by atoms with Crippen molar-refractivity contribution < 1.29 is 13.2 Å². The SMILES string of the molecule is CCC1(NC(=O)c2cc(Cl)cc(S(=O)(=O)Cl)c2)CCC1. The summed E-state index contributed by atoms with van der Waals surface area (Å²) in [6.07, 6.45) is 3.82. The van der Waals surface area contributed by atoms with Gasteiger partial charge in [0.2, 0.25) is 0 Å². The summed E-state index contributed by atoms with van der Waals surface area (Å²) in [5, 5.41) is 3.13. The van der Waals surface area contributed by atoms with Crippen LogP contribution in [0.2, 0.25) is 5.02 Å². The van der Waals surface area contributed by atoms with Gasteiger partial charge >= 0.3 is 0 Å². The van der Waals surface area contributed by atoms with Gasteiger partial charge in [-0.3, -0.25) is 4.79 Å². The first-order chi connectivity index (χ1) is 9.26. The van der Waals surface area contributed by atoms with Crippen LogP contribution in [0.3, 0.4) is 0 Å². The first-order valence-corrected chi connectivity index (χ1v) is 9.02. The molecule has 0 heterocycles. The van der Waals surface area contributed by atoms with Crippen LogP contribution in [-0.2, 0) is 9.05 Å². The van der Waals surface area contributed by atoms with Crippen molar-refractivity contribution in [3.63, 3.8) is 0 Å². The lowest BCUT2D eigenvalue weighted by Gasteiger charge is -2.42. The normalized spacial score (nSPS) is 17.4. The van der Waals surface area contributed by atoms with Gasteiger partial charge in [0.1, 0.15) is 0 Å². The van der Waals surface area contributed by atoms with Crippen molar-refractivity contribution >= 4 is 37.2 Å². The maximum atomic E-state index is 12.2. The van der Waals surface area contributed by atoms with Crippen LogP contribution >= 0.6 is 22.3 Å².